The first-order valence-corrected chi connectivity index (χ1v) is 10.1. The van der Waals surface area contributed by atoms with Gasteiger partial charge in [0, 0.05) is 18.8 Å². The number of hydrogen-bond acceptors (Lipinski definition) is 4. The number of halogens is 3. The van der Waals surface area contributed by atoms with Crippen LogP contribution < -0.4 is 0 Å². The second kappa shape index (κ2) is 7.05. The molecule has 0 amide bonds. The maximum absolute atomic E-state index is 12.8. The zero-order chi connectivity index (χ0) is 18.1. The largest absolute Gasteiger partial charge is 0.468 e. The minimum atomic E-state index is -4.58. The van der Waals surface area contributed by atoms with Gasteiger partial charge in [-0.15, -0.1) is 11.8 Å². The Kier molecular flexibility index (Phi) is 5.17. The van der Waals surface area contributed by atoms with Crippen molar-refractivity contribution in [2.24, 2.45) is 0 Å². The first-order valence-electron chi connectivity index (χ1n) is 7.61. The molecule has 0 aliphatic carbocycles. The Bertz CT molecular complexity index is 819. The van der Waals surface area contributed by atoms with E-state index in [1.807, 2.05) is 6.07 Å². The maximum Gasteiger partial charge on any atom is 0.416 e. The fourth-order valence-electron chi connectivity index (χ4n) is 2.67. The third-order valence-electron chi connectivity index (χ3n) is 3.96. The van der Waals surface area contributed by atoms with Gasteiger partial charge in [0.1, 0.15) is 5.76 Å². The van der Waals surface area contributed by atoms with Gasteiger partial charge in [-0.05, 0) is 36.8 Å². The molecule has 1 aromatic carbocycles. The van der Waals surface area contributed by atoms with Crippen LogP contribution in [0.2, 0.25) is 0 Å². The summed E-state index contributed by atoms with van der Waals surface area (Å²) >= 11 is 1.58. The van der Waals surface area contributed by atoms with Crippen molar-refractivity contribution in [3.63, 3.8) is 0 Å². The zero-order valence-corrected chi connectivity index (χ0v) is 14.7. The lowest BCUT2D eigenvalue weighted by Gasteiger charge is -2.20. The summed E-state index contributed by atoms with van der Waals surface area (Å²) in [5.74, 6) is 1.33. The minimum absolute atomic E-state index is 0.0386. The van der Waals surface area contributed by atoms with E-state index in [-0.39, 0.29) is 23.2 Å². The van der Waals surface area contributed by atoms with Crippen LogP contribution in [0.3, 0.4) is 0 Å². The highest BCUT2D eigenvalue weighted by molar-refractivity contribution is 7.99. The van der Waals surface area contributed by atoms with Crippen molar-refractivity contribution in [2.45, 2.75) is 22.7 Å². The SMILES string of the molecule is O=S(=O)(c1cccc(C(F)(F)F)c1)N1CCS[C@H](c2ccco2)CC1. The van der Waals surface area contributed by atoms with Crippen LogP contribution in [0.15, 0.2) is 52.0 Å². The van der Waals surface area contributed by atoms with E-state index < -0.39 is 21.8 Å². The molecule has 1 saturated heterocycles. The van der Waals surface area contributed by atoms with Gasteiger partial charge in [-0.25, -0.2) is 8.42 Å². The van der Waals surface area contributed by atoms with E-state index in [0.29, 0.717) is 18.2 Å². The van der Waals surface area contributed by atoms with Gasteiger partial charge in [0.15, 0.2) is 0 Å². The number of sulfonamides is 1. The van der Waals surface area contributed by atoms with Crippen LogP contribution in [0.5, 0.6) is 0 Å². The fourth-order valence-corrected chi connectivity index (χ4v) is 5.47. The predicted molar refractivity (Wildman–Crippen MR) is 88.7 cm³/mol. The highest BCUT2D eigenvalue weighted by atomic mass is 32.2. The quantitative estimate of drug-likeness (QED) is 0.788. The Hall–Kier alpha value is -1.45. The third-order valence-corrected chi connectivity index (χ3v) is 7.14. The van der Waals surface area contributed by atoms with E-state index in [2.05, 4.69) is 0 Å². The van der Waals surface area contributed by atoms with E-state index in [4.69, 9.17) is 4.42 Å². The number of rotatable bonds is 3. The molecule has 2 heterocycles. The summed E-state index contributed by atoms with van der Waals surface area (Å²) in [6.07, 6.45) is -2.47. The molecule has 0 N–H and O–H groups in total. The molecule has 2 aromatic rings. The molecule has 0 bridgehead atoms. The summed E-state index contributed by atoms with van der Waals surface area (Å²) in [5.41, 5.74) is -0.966. The molecule has 1 aliphatic rings. The summed E-state index contributed by atoms with van der Waals surface area (Å²) in [6, 6.07) is 7.49. The summed E-state index contributed by atoms with van der Waals surface area (Å²) in [7, 11) is -3.97. The lowest BCUT2D eigenvalue weighted by Crippen LogP contribution is -2.33. The molecule has 0 spiro atoms. The van der Waals surface area contributed by atoms with Gasteiger partial charge in [0.05, 0.1) is 22.0 Å². The normalized spacial score (nSPS) is 20.4. The van der Waals surface area contributed by atoms with Gasteiger partial charge in [-0.3, -0.25) is 0 Å². The average Bonchev–Trinajstić information content (AvgIpc) is 2.98. The molecule has 4 nitrogen and oxygen atoms in total. The topological polar surface area (TPSA) is 50.5 Å². The van der Waals surface area contributed by atoms with E-state index in [1.165, 1.54) is 10.4 Å². The van der Waals surface area contributed by atoms with Gasteiger partial charge in [0.25, 0.3) is 0 Å². The molecule has 1 aliphatic heterocycles. The lowest BCUT2D eigenvalue weighted by atomic mass is 10.2. The van der Waals surface area contributed by atoms with Crippen molar-refractivity contribution < 1.29 is 26.0 Å². The van der Waals surface area contributed by atoms with Crippen molar-refractivity contribution in [2.75, 3.05) is 18.8 Å². The standard InChI is InChI=1S/C16H16F3NO3S2/c17-16(18,19)12-3-1-4-13(11-12)25(21,22)20-7-6-15(24-10-8-20)14-5-2-9-23-14/h1-5,9,11,15H,6-8,10H2/t15-/m0/s1. The van der Waals surface area contributed by atoms with Crippen LogP contribution in [0.1, 0.15) is 23.0 Å². The first-order chi connectivity index (χ1) is 11.8. The smallest absolute Gasteiger partial charge is 0.416 e. The molecule has 1 atom stereocenters. The molecule has 3 rings (SSSR count). The first kappa shape index (κ1) is 18.3. The van der Waals surface area contributed by atoms with Crippen molar-refractivity contribution in [3.05, 3.63) is 54.0 Å². The van der Waals surface area contributed by atoms with Gasteiger partial charge < -0.3 is 4.42 Å². The Labute approximate surface area is 148 Å². The molecule has 136 valence electrons. The second-order valence-electron chi connectivity index (χ2n) is 5.59. The van der Waals surface area contributed by atoms with E-state index in [9.17, 15) is 21.6 Å². The van der Waals surface area contributed by atoms with E-state index in [0.717, 1.165) is 17.9 Å². The predicted octanol–water partition coefficient (Wildman–Crippen LogP) is 4.17. The van der Waals surface area contributed by atoms with Gasteiger partial charge in [0.2, 0.25) is 10.0 Å². The van der Waals surface area contributed by atoms with Crippen LogP contribution in [-0.2, 0) is 16.2 Å². The Morgan fingerprint density at radius 2 is 1.96 bits per heavy atom. The number of benzene rings is 1. The summed E-state index contributed by atoms with van der Waals surface area (Å²) < 4.78 is 70.6. The Morgan fingerprint density at radius 3 is 2.64 bits per heavy atom. The molecule has 1 fully saturated rings. The van der Waals surface area contributed by atoms with Crippen LogP contribution in [0.4, 0.5) is 13.2 Å². The van der Waals surface area contributed by atoms with E-state index >= 15 is 0 Å². The van der Waals surface area contributed by atoms with Gasteiger partial charge >= 0.3 is 6.18 Å². The van der Waals surface area contributed by atoms with Gasteiger partial charge in [-0.2, -0.15) is 17.5 Å². The highest BCUT2D eigenvalue weighted by Gasteiger charge is 2.34. The van der Waals surface area contributed by atoms with Crippen LogP contribution >= 0.6 is 11.8 Å². The summed E-state index contributed by atoms with van der Waals surface area (Å²) in [5, 5.41) is 0.0386. The van der Waals surface area contributed by atoms with Crippen LogP contribution in [0, 0.1) is 0 Å². The van der Waals surface area contributed by atoms with Crippen molar-refractivity contribution in [1.82, 2.24) is 4.31 Å². The molecule has 0 radical (unpaired) electrons. The molecular weight excluding hydrogens is 375 g/mol. The number of furan rings is 1. The second-order valence-corrected chi connectivity index (χ2v) is 8.84. The number of nitrogens with zero attached hydrogens (tertiary/aromatic N) is 1. The zero-order valence-electron chi connectivity index (χ0n) is 13.1. The third kappa shape index (κ3) is 4.04. The van der Waals surface area contributed by atoms with E-state index in [1.54, 1.807) is 24.1 Å². The molecular formula is C16H16F3NO3S2. The van der Waals surface area contributed by atoms with Crippen LogP contribution in [0.25, 0.3) is 0 Å². The number of thioether (sulfide) groups is 1. The Balaban J connectivity index is 1.81. The van der Waals surface area contributed by atoms with Gasteiger partial charge in [-0.1, -0.05) is 6.07 Å². The lowest BCUT2D eigenvalue weighted by molar-refractivity contribution is -0.137. The Morgan fingerprint density at radius 1 is 1.16 bits per heavy atom. The molecule has 1 aromatic heterocycles. The molecule has 25 heavy (non-hydrogen) atoms. The summed E-state index contributed by atoms with van der Waals surface area (Å²) in [6.45, 7) is 0.484. The number of alkyl halides is 3. The molecule has 9 heteroatoms. The van der Waals surface area contributed by atoms with Crippen molar-refractivity contribution in [1.29, 1.82) is 0 Å². The maximum atomic E-state index is 12.8. The monoisotopic (exact) mass is 391 g/mol. The minimum Gasteiger partial charge on any atom is -0.468 e. The van der Waals surface area contributed by atoms with Crippen LogP contribution in [-0.4, -0.2) is 31.6 Å². The molecule has 0 unspecified atom stereocenters. The number of hydrogen-bond donors (Lipinski definition) is 0. The highest BCUT2D eigenvalue weighted by Crippen LogP contribution is 2.36. The van der Waals surface area contributed by atoms with Crippen molar-refractivity contribution in [3.8, 4) is 0 Å². The average molecular weight is 391 g/mol. The molecule has 0 saturated carbocycles. The van der Waals surface area contributed by atoms with Crippen molar-refractivity contribution >= 4 is 21.8 Å². The summed E-state index contributed by atoms with van der Waals surface area (Å²) in [4.78, 5) is -0.330. The fraction of sp³-hybridized carbons (Fsp3) is 0.375.